The minimum absolute atomic E-state index is 1.15. The Kier molecular flexibility index (Phi) is 6.99. The summed E-state index contributed by atoms with van der Waals surface area (Å²) in [5, 5.41) is 0. The number of rotatable bonds is 1. The Hall–Kier alpha value is -1.04. The van der Waals surface area contributed by atoms with Gasteiger partial charge in [0.2, 0.25) is 0 Å². The van der Waals surface area contributed by atoms with Crippen LogP contribution in [0.2, 0.25) is 0 Å². The molecule has 0 radical (unpaired) electrons. The average molecular weight is 176 g/mol. The van der Waals surface area contributed by atoms with Gasteiger partial charge in [-0.15, -0.1) is 0 Å². The topological polar surface area (TPSA) is 0 Å². The van der Waals surface area contributed by atoms with Gasteiger partial charge in [0.05, 0.1) is 0 Å². The molecule has 0 aliphatic heterocycles. The maximum atomic E-state index is 2.18. The van der Waals surface area contributed by atoms with E-state index in [4.69, 9.17) is 0 Å². The van der Waals surface area contributed by atoms with Gasteiger partial charge in [-0.3, -0.25) is 0 Å². The Morgan fingerprint density at radius 3 is 1.92 bits per heavy atom. The molecule has 72 valence electrons. The van der Waals surface area contributed by atoms with Crippen molar-refractivity contribution in [2.24, 2.45) is 0 Å². The van der Waals surface area contributed by atoms with Gasteiger partial charge in [-0.25, -0.2) is 0 Å². The maximum absolute atomic E-state index is 2.18. The first-order valence-corrected chi connectivity index (χ1v) is 4.88. The molecule has 0 heteroatoms. The van der Waals surface area contributed by atoms with Crippen molar-refractivity contribution in [2.75, 3.05) is 0 Å². The summed E-state index contributed by atoms with van der Waals surface area (Å²) in [6.45, 7) is 8.33. The summed E-state index contributed by atoms with van der Waals surface area (Å²) >= 11 is 0. The molecule has 0 N–H and O–H groups in total. The second kappa shape index (κ2) is 7.60. The van der Waals surface area contributed by atoms with E-state index in [0.717, 1.165) is 6.42 Å². The van der Waals surface area contributed by atoms with Crippen LogP contribution in [0.1, 0.15) is 31.9 Å². The molecule has 0 aliphatic carbocycles. The number of aryl methyl sites for hydroxylation is 2. The van der Waals surface area contributed by atoms with E-state index in [2.05, 4.69) is 38.1 Å². The molecule has 0 unspecified atom stereocenters. The van der Waals surface area contributed by atoms with Crippen molar-refractivity contribution in [1.29, 1.82) is 0 Å². The molecule has 0 atom stereocenters. The SMILES string of the molecule is C/C=C\C.CCc1ccccc1C. The highest BCUT2D eigenvalue weighted by Gasteiger charge is 1.89. The molecule has 1 rings (SSSR count). The van der Waals surface area contributed by atoms with E-state index in [1.165, 1.54) is 11.1 Å². The second-order valence-electron chi connectivity index (χ2n) is 2.95. The van der Waals surface area contributed by atoms with E-state index in [1.54, 1.807) is 0 Å². The number of hydrogen-bond donors (Lipinski definition) is 0. The van der Waals surface area contributed by atoms with E-state index in [-0.39, 0.29) is 0 Å². The van der Waals surface area contributed by atoms with Gasteiger partial charge in [-0.05, 0) is 38.3 Å². The third kappa shape index (κ3) is 5.24. The van der Waals surface area contributed by atoms with Crippen molar-refractivity contribution < 1.29 is 0 Å². The van der Waals surface area contributed by atoms with Gasteiger partial charge in [0.1, 0.15) is 0 Å². The smallest absolute Gasteiger partial charge is 0.0305 e. The predicted octanol–water partition coefficient (Wildman–Crippen LogP) is 4.14. The van der Waals surface area contributed by atoms with Gasteiger partial charge in [0.15, 0.2) is 0 Å². The minimum Gasteiger partial charge on any atom is -0.0919 e. The lowest BCUT2D eigenvalue weighted by atomic mass is 10.1. The molecule has 0 aliphatic rings. The zero-order chi connectivity index (χ0) is 10.1. The monoisotopic (exact) mass is 176 g/mol. The molecule has 0 heterocycles. The van der Waals surface area contributed by atoms with Crippen LogP contribution in [0.4, 0.5) is 0 Å². The Morgan fingerprint density at radius 1 is 1.08 bits per heavy atom. The van der Waals surface area contributed by atoms with Crippen LogP contribution in [-0.2, 0) is 6.42 Å². The summed E-state index contributed by atoms with van der Waals surface area (Å²) in [6, 6.07) is 8.49. The quantitative estimate of drug-likeness (QED) is 0.564. The fourth-order valence-corrected chi connectivity index (χ4v) is 1.01. The summed E-state index contributed by atoms with van der Waals surface area (Å²) in [4.78, 5) is 0. The Bertz CT molecular complexity index is 242. The highest BCUT2D eigenvalue weighted by molar-refractivity contribution is 5.24. The Balaban J connectivity index is 0.000000310. The van der Waals surface area contributed by atoms with Crippen LogP contribution >= 0.6 is 0 Å². The zero-order valence-electron chi connectivity index (χ0n) is 9.17. The maximum Gasteiger partial charge on any atom is -0.0305 e. The normalized spacial score (nSPS) is 9.54. The summed E-state index contributed by atoms with van der Waals surface area (Å²) in [7, 11) is 0. The second-order valence-corrected chi connectivity index (χ2v) is 2.95. The molecule has 1 aromatic carbocycles. The van der Waals surface area contributed by atoms with Crippen molar-refractivity contribution in [3.63, 3.8) is 0 Å². The van der Waals surface area contributed by atoms with Crippen LogP contribution < -0.4 is 0 Å². The third-order valence-electron chi connectivity index (χ3n) is 1.98. The predicted molar refractivity (Wildman–Crippen MR) is 61.0 cm³/mol. The fraction of sp³-hybridized carbons (Fsp3) is 0.385. The van der Waals surface area contributed by atoms with E-state index in [1.807, 2.05) is 26.0 Å². The summed E-state index contributed by atoms with van der Waals surface area (Å²) < 4.78 is 0. The van der Waals surface area contributed by atoms with Gasteiger partial charge in [0.25, 0.3) is 0 Å². The summed E-state index contributed by atoms with van der Waals surface area (Å²) in [5.41, 5.74) is 2.86. The van der Waals surface area contributed by atoms with E-state index in [9.17, 15) is 0 Å². The zero-order valence-corrected chi connectivity index (χ0v) is 9.17. The molecule has 0 amide bonds. The van der Waals surface area contributed by atoms with Crippen molar-refractivity contribution in [1.82, 2.24) is 0 Å². The van der Waals surface area contributed by atoms with Crippen LogP contribution in [0.3, 0.4) is 0 Å². The van der Waals surface area contributed by atoms with Crippen molar-refractivity contribution in [2.45, 2.75) is 34.1 Å². The standard InChI is InChI=1S/C9H12.C4H8/c1-3-9-7-5-4-6-8(9)2;1-3-4-2/h4-7H,3H2,1-2H3;3-4H,1-2H3/b;4-3-. The molecular weight excluding hydrogens is 156 g/mol. The molecular formula is C13H20. The lowest BCUT2D eigenvalue weighted by Crippen LogP contribution is -1.82. The van der Waals surface area contributed by atoms with Crippen molar-refractivity contribution in [3.05, 3.63) is 47.5 Å². The summed E-state index contributed by atoms with van der Waals surface area (Å²) in [6.07, 6.45) is 5.15. The van der Waals surface area contributed by atoms with Crippen LogP contribution in [0.15, 0.2) is 36.4 Å². The van der Waals surface area contributed by atoms with E-state index in [0.29, 0.717) is 0 Å². The van der Waals surface area contributed by atoms with Crippen molar-refractivity contribution >= 4 is 0 Å². The molecule has 0 spiro atoms. The van der Waals surface area contributed by atoms with Crippen LogP contribution in [-0.4, -0.2) is 0 Å². The van der Waals surface area contributed by atoms with Gasteiger partial charge in [-0.2, -0.15) is 0 Å². The molecule has 0 fully saturated rings. The molecule has 0 aromatic heterocycles. The summed E-state index contributed by atoms with van der Waals surface area (Å²) in [5.74, 6) is 0. The molecule has 0 saturated heterocycles. The fourth-order valence-electron chi connectivity index (χ4n) is 1.01. The van der Waals surface area contributed by atoms with Crippen molar-refractivity contribution in [3.8, 4) is 0 Å². The number of benzene rings is 1. The molecule has 0 nitrogen and oxygen atoms in total. The first-order chi connectivity index (χ1) is 6.26. The van der Waals surface area contributed by atoms with Crippen LogP contribution in [0.5, 0.6) is 0 Å². The van der Waals surface area contributed by atoms with Gasteiger partial charge in [-0.1, -0.05) is 43.3 Å². The third-order valence-corrected chi connectivity index (χ3v) is 1.98. The Morgan fingerprint density at radius 2 is 1.62 bits per heavy atom. The van der Waals surface area contributed by atoms with E-state index < -0.39 is 0 Å². The van der Waals surface area contributed by atoms with Crippen LogP contribution in [0.25, 0.3) is 0 Å². The number of allylic oxidation sites excluding steroid dienone is 2. The van der Waals surface area contributed by atoms with Gasteiger partial charge >= 0.3 is 0 Å². The highest BCUT2D eigenvalue weighted by Crippen LogP contribution is 2.06. The highest BCUT2D eigenvalue weighted by atomic mass is 13.9. The first kappa shape index (κ1) is 12.0. The largest absolute Gasteiger partial charge is 0.0919 e. The lowest BCUT2D eigenvalue weighted by molar-refractivity contribution is 1.11. The van der Waals surface area contributed by atoms with E-state index >= 15 is 0 Å². The van der Waals surface area contributed by atoms with Crippen LogP contribution in [0, 0.1) is 6.92 Å². The average Bonchev–Trinajstić information content (AvgIpc) is 2.19. The Labute approximate surface area is 82.3 Å². The molecule has 1 aromatic rings. The first-order valence-electron chi connectivity index (χ1n) is 4.88. The molecule has 13 heavy (non-hydrogen) atoms. The number of hydrogen-bond acceptors (Lipinski definition) is 0. The molecule has 0 bridgehead atoms. The minimum atomic E-state index is 1.15. The van der Waals surface area contributed by atoms with Gasteiger partial charge < -0.3 is 0 Å². The van der Waals surface area contributed by atoms with Gasteiger partial charge in [0, 0.05) is 0 Å². The molecule has 0 saturated carbocycles. The lowest BCUT2D eigenvalue weighted by Gasteiger charge is -1.98.